The quantitative estimate of drug-likeness (QED) is 0.567. The van der Waals surface area contributed by atoms with Gasteiger partial charge in [-0.2, -0.15) is 0 Å². The van der Waals surface area contributed by atoms with Crippen LogP contribution in [0.5, 0.6) is 5.75 Å². The monoisotopic (exact) mass is 220 g/mol. The third-order valence-corrected chi connectivity index (χ3v) is 2.79. The molecule has 0 atom stereocenters. The van der Waals surface area contributed by atoms with E-state index in [0.717, 1.165) is 18.4 Å². The number of ether oxygens (including phenoxy) is 2. The van der Waals surface area contributed by atoms with Crippen LogP contribution in [0.25, 0.3) is 0 Å². The van der Waals surface area contributed by atoms with Crippen molar-refractivity contribution in [2.75, 3.05) is 13.2 Å². The third kappa shape index (κ3) is 2.83. The van der Waals surface area contributed by atoms with Crippen molar-refractivity contribution in [1.29, 1.82) is 0 Å². The molecule has 0 spiro atoms. The Morgan fingerprint density at radius 2 is 1.88 bits per heavy atom. The van der Waals surface area contributed by atoms with Crippen LogP contribution in [0, 0.1) is 12.8 Å². The molecule has 0 saturated carbocycles. The first kappa shape index (κ1) is 11.1. The maximum atomic E-state index is 11.8. The van der Waals surface area contributed by atoms with E-state index in [4.69, 9.17) is 9.47 Å². The summed E-state index contributed by atoms with van der Waals surface area (Å²) in [6.07, 6.45) is 1.54. The number of hydrogen-bond acceptors (Lipinski definition) is 3. The predicted molar refractivity (Wildman–Crippen MR) is 60.4 cm³/mol. The Bertz CT molecular complexity index is 350. The van der Waals surface area contributed by atoms with Crippen LogP contribution < -0.4 is 4.74 Å². The molecule has 0 aromatic heterocycles. The van der Waals surface area contributed by atoms with Crippen LogP contribution >= 0.6 is 0 Å². The van der Waals surface area contributed by atoms with Gasteiger partial charge in [0.05, 0.1) is 5.92 Å². The average Bonchev–Trinajstić information content (AvgIpc) is 2.33. The Balaban J connectivity index is 1.93. The van der Waals surface area contributed by atoms with Gasteiger partial charge in [0, 0.05) is 13.2 Å². The summed E-state index contributed by atoms with van der Waals surface area (Å²) in [6.45, 7) is 3.32. The second kappa shape index (κ2) is 5.12. The van der Waals surface area contributed by atoms with Gasteiger partial charge < -0.3 is 9.47 Å². The molecule has 2 rings (SSSR count). The van der Waals surface area contributed by atoms with Crippen LogP contribution in [0.1, 0.15) is 18.4 Å². The van der Waals surface area contributed by atoms with E-state index < -0.39 is 0 Å². The maximum absolute atomic E-state index is 11.8. The van der Waals surface area contributed by atoms with Gasteiger partial charge in [-0.3, -0.25) is 4.79 Å². The van der Waals surface area contributed by atoms with Gasteiger partial charge in [-0.25, -0.2) is 0 Å². The number of benzene rings is 1. The summed E-state index contributed by atoms with van der Waals surface area (Å²) in [5.41, 5.74) is 1.16. The smallest absolute Gasteiger partial charge is 0.314 e. The molecule has 0 radical (unpaired) electrons. The highest BCUT2D eigenvalue weighted by atomic mass is 16.5. The molecule has 3 nitrogen and oxygen atoms in total. The first-order chi connectivity index (χ1) is 7.75. The number of carbonyl (C=O) groups is 1. The van der Waals surface area contributed by atoms with Crippen LogP contribution in [0.3, 0.4) is 0 Å². The molecule has 0 aliphatic carbocycles. The predicted octanol–water partition coefficient (Wildman–Crippen LogP) is 2.33. The Hall–Kier alpha value is -1.35. The highest BCUT2D eigenvalue weighted by Crippen LogP contribution is 2.19. The van der Waals surface area contributed by atoms with E-state index in [0.29, 0.717) is 19.0 Å². The topological polar surface area (TPSA) is 35.5 Å². The summed E-state index contributed by atoms with van der Waals surface area (Å²) in [6, 6.07) is 7.53. The molecule has 16 heavy (non-hydrogen) atoms. The number of aryl methyl sites for hydroxylation is 1. The van der Waals surface area contributed by atoms with Crippen molar-refractivity contribution in [1.82, 2.24) is 0 Å². The van der Waals surface area contributed by atoms with Crippen molar-refractivity contribution in [2.24, 2.45) is 5.92 Å². The zero-order valence-corrected chi connectivity index (χ0v) is 9.44. The largest absolute Gasteiger partial charge is 0.426 e. The van der Waals surface area contributed by atoms with Crippen LogP contribution in [0.4, 0.5) is 0 Å². The van der Waals surface area contributed by atoms with Crippen molar-refractivity contribution in [3.8, 4) is 5.75 Å². The molecule has 1 aliphatic heterocycles. The summed E-state index contributed by atoms with van der Waals surface area (Å²) in [5, 5.41) is 0. The fourth-order valence-corrected chi connectivity index (χ4v) is 1.74. The summed E-state index contributed by atoms with van der Waals surface area (Å²) in [7, 11) is 0. The van der Waals surface area contributed by atoms with E-state index >= 15 is 0 Å². The Labute approximate surface area is 95.4 Å². The molecule has 1 aromatic rings. The average molecular weight is 220 g/mol. The van der Waals surface area contributed by atoms with Gasteiger partial charge in [-0.15, -0.1) is 0 Å². The molecule has 0 unspecified atom stereocenters. The van der Waals surface area contributed by atoms with E-state index in [-0.39, 0.29) is 11.9 Å². The molecule has 1 aromatic carbocycles. The van der Waals surface area contributed by atoms with Crippen molar-refractivity contribution in [3.63, 3.8) is 0 Å². The second-order valence-corrected chi connectivity index (χ2v) is 4.12. The van der Waals surface area contributed by atoms with Crippen LogP contribution in [-0.2, 0) is 9.53 Å². The van der Waals surface area contributed by atoms with Gasteiger partial charge in [0.25, 0.3) is 0 Å². The van der Waals surface area contributed by atoms with Crippen molar-refractivity contribution < 1.29 is 14.3 Å². The fourth-order valence-electron chi connectivity index (χ4n) is 1.74. The minimum Gasteiger partial charge on any atom is -0.426 e. The number of rotatable bonds is 2. The summed E-state index contributed by atoms with van der Waals surface area (Å²) in [4.78, 5) is 11.8. The number of hydrogen-bond donors (Lipinski definition) is 0. The van der Waals surface area contributed by atoms with Crippen molar-refractivity contribution >= 4 is 5.97 Å². The lowest BCUT2D eigenvalue weighted by Gasteiger charge is -2.20. The van der Waals surface area contributed by atoms with E-state index in [1.54, 1.807) is 0 Å². The highest BCUT2D eigenvalue weighted by molar-refractivity contribution is 5.75. The SMILES string of the molecule is Cc1ccc(OC(=O)C2CCOCC2)cc1. The number of esters is 1. The van der Waals surface area contributed by atoms with Crippen molar-refractivity contribution in [3.05, 3.63) is 29.8 Å². The Morgan fingerprint density at radius 1 is 1.25 bits per heavy atom. The molecule has 0 bridgehead atoms. The normalized spacial score (nSPS) is 17.1. The van der Waals surface area contributed by atoms with Crippen LogP contribution in [0.15, 0.2) is 24.3 Å². The summed E-state index contributed by atoms with van der Waals surface area (Å²) in [5.74, 6) is 0.490. The van der Waals surface area contributed by atoms with Crippen molar-refractivity contribution in [2.45, 2.75) is 19.8 Å². The van der Waals surface area contributed by atoms with Gasteiger partial charge in [-0.05, 0) is 31.9 Å². The number of carbonyl (C=O) groups excluding carboxylic acids is 1. The first-order valence-electron chi connectivity index (χ1n) is 5.62. The molecule has 3 heteroatoms. The molecule has 0 N–H and O–H groups in total. The standard InChI is InChI=1S/C13H16O3/c1-10-2-4-12(5-3-10)16-13(14)11-6-8-15-9-7-11/h2-5,11H,6-9H2,1H3. The molecular weight excluding hydrogens is 204 g/mol. The zero-order valence-electron chi connectivity index (χ0n) is 9.44. The van der Waals surface area contributed by atoms with E-state index in [1.807, 2.05) is 31.2 Å². The lowest BCUT2D eigenvalue weighted by Crippen LogP contribution is -2.27. The zero-order chi connectivity index (χ0) is 11.4. The Kier molecular flexibility index (Phi) is 3.57. The van der Waals surface area contributed by atoms with Gasteiger partial charge in [-0.1, -0.05) is 17.7 Å². The Morgan fingerprint density at radius 3 is 2.50 bits per heavy atom. The van der Waals surface area contributed by atoms with Crippen LogP contribution in [0.2, 0.25) is 0 Å². The third-order valence-electron chi connectivity index (χ3n) is 2.79. The van der Waals surface area contributed by atoms with Gasteiger partial charge in [0.2, 0.25) is 0 Å². The lowest BCUT2D eigenvalue weighted by molar-refractivity contribution is -0.141. The molecule has 1 saturated heterocycles. The maximum Gasteiger partial charge on any atom is 0.314 e. The van der Waals surface area contributed by atoms with Crippen LogP contribution in [-0.4, -0.2) is 19.2 Å². The lowest BCUT2D eigenvalue weighted by atomic mass is 10.0. The molecule has 1 aliphatic rings. The molecular formula is C13H16O3. The van der Waals surface area contributed by atoms with Gasteiger partial charge in [0.15, 0.2) is 0 Å². The fraction of sp³-hybridized carbons (Fsp3) is 0.462. The van der Waals surface area contributed by atoms with E-state index in [1.165, 1.54) is 0 Å². The highest BCUT2D eigenvalue weighted by Gasteiger charge is 2.23. The summed E-state index contributed by atoms with van der Waals surface area (Å²) >= 11 is 0. The molecule has 0 amide bonds. The molecule has 86 valence electrons. The molecule has 1 fully saturated rings. The van der Waals surface area contributed by atoms with Gasteiger partial charge in [0.1, 0.15) is 5.75 Å². The molecule has 1 heterocycles. The van der Waals surface area contributed by atoms with E-state index in [9.17, 15) is 4.79 Å². The second-order valence-electron chi connectivity index (χ2n) is 4.12. The van der Waals surface area contributed by atoms with E-state index in [2.05, 4.69) is 0 Å². The minimum absolute atomic E-state index is 0.00458. The van der Waals surface area contributed by atoms with Gasteiger partial charge >= 0.3 is 5.97 Å². The first-order valence-corrected chi connectivity index (χ1v) is 5.62. The minimum atomic E-state index is -0.132. The summed E-state index contributed by atoms with van der Waals surface area (Å²) < 4.78 is 10.5.